The van der Waals surface area contributed by atoms with Gasteiger partial charge in [0.2, 0.25) is 0 Å². The first-order chi connectivity index (χ1) is 13.6. The number of rotatable bonds is 5. The van der Waals surface area contributed by atoms with Crippen molar-refractivity contribution in [2.24, 2.45) is 5.92 Å². The molecule has 2 aromatic rings. The molecule has 0 radical (unpaired) electrons. The van der Waals surface area contributed by atoms with E-state index in [9.17, 15) is 5.11 Å². The molecular formula is C21H30N6O. The van der Waals surface area contributed by atoms with Crippen LogP contribution in [0.1, 0.15) is 29.7 Å². The molecule has 4 heterocycles. The second-order valence-electron chi connectivity index (χ2n) is 7.96. The Kier molecular flexibility index (Phi) is 5.85. The highest BCUT2D eigenvalue weighted by Gasteiger charge is 2.36. The molecule has 2 aliphatic heterocycles. The Bertz CT molecular complexity index is 778. The van der Waals surface area contributed by atoms with Gasteiger partial charge in [-0.15, -0.1) is 0 Å². The molecule has 2 aromatic heterocycles. The number of piperazine rings is 1. The van der Waals surface area contributed by atoms with Crippen LogP contribution in [0.3, 0.4) is 0 Å². The lowest BCUT2D eigenvalue weighted by atomic mass is 9.98. The van der Waals surface area contributed by atoms with E-state index >= 15 is 0 Å². The average Bonchev–Trinajstić information content (AvgIpc) is 3.11. The van der Waals surface area contributed by atoms with E-state index in [1.807, 2.05) is 25.3 Å². The number of hydrogen-bond acceptors (Lipinski definition) is 7. The Labute approximate surface area is 167 Å². The molecule has 0 unspecified atom stereocenters. The lowest BCUT2D eigenvalue weighted by Gasteiger charge is -2.33. The summed E-state index contributed by atoms with van der Waals surface area (Å²) in [6.07, 6.45) is 2.81. The molecule has 4 rings (SSSR count). The van der Waals surface area contributed by atoms with Gasteiger partial charge < -0.3 is 14.9 Å². The number of pyridine rings is 1. The quantitative estimate of drug-likeness (QED) is 0.840. The van der Waals surface area contributed by atoms with Gasteiger partial charge in [-0.05, 0) is 39.1 Å². The molecule has 0 bridgehead atoms. The van der Waals surface area contributed by atoms with Crippen LogP contribution in [-0.2, 0) is 6.54 Å². The van der Waals surface area contributed by atoms with Crippen molar-refractivity contribution in [1.29, 1.82) is 0 Å². The minimum atomic E-state index is 0.133. The molecule has 2 saturated heterocycles. The zero-order chi connectivity index (χ0) is 19.5. The van der Waals surface area contributed by atoms with E-state index in [1.54, 1.807) is 0 Å². The van der Waals surface area contributed by atoms with Gasteiger partial charge in [0.25, 0.3) is 0 Å². The monoisotopic (exact) mass is 382 g/mol. The predicted molar refractivity (Wildman–Crippen MR) is 109 cm³/mol. The largest absolute Gasteiger partial charge is 0.396 e. The molecule has 0 amide bonds. The molecule has 28 heavy (non-hydrogen) atoms. The zero-order valence-corrected chi connectivity index (χ0v) is 16.8. The van der Waals surface area contributed by atoms with Gasteiger partial charge in [0.15, 0.2) is 0 Å². The van der Waals surface area contributed by atoms with Crippen LogP contribution in [0.2, 0.25) is 0 Å². The van der Waals surface area contributed by atoms with E-state index in [1.165, 1.54) is 0 Å². The van der Waals surface area contributed by atoms with Crippen LogP contribution in [0.15, 0.2) is 30.5 Å². The first-order valence-electron chi connectivity index (χ1n) is 10.2. The summed E-state index contributed by atoms with van der Waals surface area (Å²) >= 11 is 0. The van der Waals surface area contributed by atoms with Gasteiger partial charge >= 0.3 is 0 Å². The van der Waals surface area contributed by atoms with Crippen LogP contribution >= 0.6 is 0 Å². The third kappa shape index (κ3) is 4.16. The molecule has 0 saturated carbocycles. The number of anilines is 1. The van der Waals surface area contributed by atoms with Crippen molar-refractivity contribution >= 4 is 5.82 Å². The fourth-order valence-corrected chi connectivity index (χ4v) is 4.37. The van der Waals surface area contributed by atoms with Crippen molar-refractivity contribution in [3.63, 3.8) is 0 Å². The van der Waals surface area contributed by atoms with E-state index in [2.05, 4.69) is 38.9 Å². The minimum absolute atomic E-state index is 0.133. The number of likely N-dealkylation sites (tertiary alicyclic amines) is 1. The lowest BCUT2D eigenvalue weighted by Crippen LogP contribution is -2.45. The average molecular weight is 383 g/mol. The summed E-state index contributed by atoms with van der Waals surface area (Å²) < 4.78 is 0. The highest BCUT2D eigenvalue weighted by atomic mass is 16.3. The van der Waals surface area contributed by atoms with Crippen LogP contribution in [0, 0.1) is 12.8 Å². The lowest BCUT2D eigenvalue weighted by molar-refractivity contribution is 0.158. The molecular weight excluding hydrogens is 352 g/mol. The van der Waals surface area contributed by atoms with Gasteiger partial charge in [-0.3, -0.25) is 9.88 Å². The maximum atomic E-state index is 9.87. The molecule has 0 aliphatic carbocycles. The standard InChI is InChI=1S/C21H30N6O/c1-16-23-18(13-20(24-16)26-11-9-25(2)10-12-26)14-27-8-6-17(15-28)21(27)19-5-3-4-7-22-19/h3-5,7,13,17,21,28H,6,8-12,14-15H2,1-2H3/t17-,21-/m0/s1. The van der Waals surface area contributed by atoms with Gasteiger partial charge in [0, 0.05) is 57.5 Å². The topological polar surface area (TPSA) is 68.6 Å². The van der Waals surface area contributed by atoms with Crippen LogP contribution in [0.4, 0.5) is 5.82 Å². The van der Waals surface area contributed by atoms with Crippen molar-refractivity contribution < 1.29 is 5.11 Å². The van der Waals surface area contributed by atoms with Gasteiger partial charge in [-0.1, -0.05) is 6.07 Å². The highest BCUT2D eigenvalue weighted by Crippen LogP contribution is 2.37. The number of nitrogens with zero attached hydrogens (tertiary/aromatic N) is 6. The highest BCUT2D eigenvalue weighted by molar-refractivity contribution is 5.40. The normalized spacial score (nSPS) is 24.0. The second kappa shape index (κ2) is 8.51. The number of aryl methyl sites for hydroxylation is 1. The number of hydrogen-bond donors (Lipinski definition) is 1. The zero-order valence-electron chi connectivity index (χ0n) is 16.8. The van der Waals surface area contributed by atoms with E-state index in [4.69, 9.17) is 9.97 Å². The molecule has 2 fully saturated rings. The summed E-state index contributed by atoms with van der Waals surface area (Å²) in [6, 6.07) is 8.29. The smallest absolute Gasteiger partial charge is 0.132 e. The number of aliphatic hydroxyl groups excluding tert-OH is 1. The Morgan fingerprint density at radius 3 is 2.64 bits per heavy atom. The van der Waals surface area contributed by atoms with E-state index < -0.39 is 0 Å². The van der Waals surface area contributed by atoms with E-state index in [-0.39, 0.29) is 18.6 Å². The van der Waals surface area contributed by atoms with Crippen LogP contribution in [-0.4, -0.2) is 76.2 Å². The van der Waals surface area contributed by atoms with Crippen molar-refractivity contribution in [3.8, 4) is 0 Å². The molecule has 7 nitrogen and oxygen atoms in total. The van der Waals surface area contributed by atoms with Crippen molar-refractivity contribution in [3.05, 3.63) is 47.7 Å². The Hall–Kier alpha value is -2.09. The Morgan fingerprint density at radius 2 is 1.93 bits per heavy atom. The predicted octanol–water partition coefficient (Wildman–Crippen LogP) is 1.49. The number of aliphatic hydroxyl groups is 1. The number of likely N-dealkylation sites (N-methyl/N-ethyl adjacent to an activating group) is 1. The van der Waals surface area contributed by atoms with Crippen molar-refractivity contribution in [2.75, 3.05) is 51.3 Å². The molecule has 1 N–H and O–H groups in total. The fraction of sp³-hybridized carbons (Fsp3) is 0.571. The molecule has 0 spiro atoms. The van der Waals surface area contributed by atoms with Gasteiger partial charge in [0.1, 0.15) is 11.6 Å². The third-order valence-electron chi connectivity index (χ3n) is 5.92. The summed E-state index contributed by atoms with van der Waals surface area (Å²) in [6.45, 7) is 7.97. The SMILES string of the molecule is Cc1nc(CN2CC[C@@H](CO)[C@H]2c2ccccn2)cc(N2CCN(C)CC2)n1. The molecule has 2 atom stereocenters. The first-order valence-corrected chi connectivity index (χ1v) is 10.2. The Balaban J connectivity index is 1.54. The maximum absolute atomic E-state index is 9.87. The first kappa shape index (κ1) is 19.2. The molecule has 7 heteroatoms. The summed E-state index contributed by atoms with van der Waals surface area (Å²) in [5, 5.41) is 9.87. The van der Waals surface area contributed by atoms with Gasteiger partial charge in [-0.25, -0.2) is 9.97 Å². The van der Waals surface area contributed by atoms with E-state index in [0.717, 1.165) is 68.7 Å². The van der Waals surface area contributed by atoms with Gasteiger partial charge in [-0.2, -0.15) is 0 Å². The molecule has 0 aromatic carbocycles. The molecule has 150 valence electrons. The minimum Gasteiger partial charge on any atom is -0.396 e. The molecule has 2 aliphatic rings. The van der Waals surface area contributed by atoms with Crippen LogP contribution in [0.25, 0.3) is 0 Å². The van der Waals surface area contributed by atoms with E-state index in [0.29, 0.717) is 0 Å². The van der Waals surface area contributed by atoms with Crippen molar-refractivity contribution in [2.45, 2.75) is 25.9 Å². The summed E-state index contributed by atoms with van der Waals surface area (Å²) in [5.74, 6) is 2.07. The number of aromatic nitrogens is 3. The summed E-state index contributed by atoms with van der Waals surface area (Å²) in [5.41, 5.74) is 2.07. The Morgan fingerprint density at radius 1 is 1.11 bits per heavy atom. The van der Waals surface area contributed by atoms with Crippen LogP contribution in [0.5, 0.6) is 0 Å². The third-order valence-corrected chi connectivity index (χ3v) is 5.92. The maximum Gasteiger partial charge on any atom is 0.132 e. The van der Waals surface area contributed by atoms with Crippen LogP contribution < -0.4 is 4.90 Å². The second-order valence-corrected chi connectivity index (χ2v) is 7.96. The summed E-state index contributed by atoms with van der Waals surface area (Å²) in [7, 11) is 2.16. The fourth-order valence-electron chi connectivity index (χ4n) is 4.37. The van der Waals surface area contributed by atoms with Crippen molar-refractivity contribution in [1.82, 2.24) is 24.8 Å². The summed E-state index contributed by atoms with van der Waals surface area (Å²) in [4.78, 5) is 21.1. The van der Waals surface area contributed by atoms with Gasteiger partial charge in [0.05, 0.1) is 17.4 Å².